The van der Waals surface area contributed by atoms with Crippen LogP contribution in [0.1, 0.15) is 10.4 Å². The Labute approximate surface area is 127 Å². The largest absolute Gasteiger partial charge is 0.334 e. The van der Waals surface area contributed by atoms with Crippen LogP contribution in [0.5, 0.6) is 0 Å². The fourth-order valence-corrected chi connectivity index (χ4v) is 2.30. The van der Waals surface area contributed by atoms with Crippen molar-refractivity contribution in [2.24, 2.45) is 0 Å². The summed E-state index contributed by atoms with van der Waals surface area (Å²) in [4.78, 5) is 23.3. The lowest BCUT2D eigenvalue weighted by atomic mass is 10.2. The molecule has 114 valence electrons. The zero-order chi connectivity index (χ0) is 16.0. The maximum Gasteiger partial charge on any atom is 0.334 e. The first-order valence-electron chi connectivity index (χ1n) is 6.22. The molecule has 2 aromatic rings. The smallest absolute Gasteiger partial charge is 0.307 e. The third kappa shape index (κ3) is 4.60. The number of carbonyl (C=O) groups excluding carboxylic acids is 2. The van der Waals surface area contributed by atoms with E-state index in [2.05, 4.69) is 5.32 Å². The molecule has 2 rings (SSSR count). The maximum absolute atomic E-state index is 11.7. The molecule has 3 amide bonds. The standard InChI is InChI=1S/C14H13N3O4S/c18-13(11-7-3-1-4-8-11)16-22(20,21)17-14(19)15-12-9-5-2-6-10-12/h1-10H,(H,16,18)(H2,15,17,19). The summed E-state index contributed by atoms with van der Waals surface area (Å²) < 4.78 is 26.9. The van der Waals surface area contributed by atoms with Crippen LogP contribution >= 0.6 is 0 Å². The van der Waals surface area contributed by atoms with E-state index in [0.29, 0.717) is 5.69 Å². The zero-order valence-electron chi connectivity index (χ0n) is 11.3. The highest BCUT2D eigenvalue weighted by Gasteiger charge is 2.18. The van der Waals surface area contributed by atoms with Gasteiger partial charge in [0.05, 0.1) is 0 Å². The van der Waals surface area contributed by atoms with E-state index >= 15 is 0 Å². The van der Waals surface area contributed by atoms with Gasteiger partial charge in [0.15, 0.2) is 0 Å². The number of hydrogen-bond acceptors (Lipinski definition) is 4. The lowest BCUT2D eigenvalue weighted by molar-refractivity contribution is 0.0981. The van der Waals surface area contributed by atoms with Crippen molar-refractivity contribution in [1.82, 2.24) is 9.44 Å². The zero-order valence-corrected chi connectivity index (χ0v) is 12.1. The summed E-state index contributed by atoms with van der Waals surface area (Å²) in [6.07, 6.45) is 0. The summed E-state index contributed by atoms with van der Waals surface area (Å²) in [7, 11) is -4.31. The first kappa shape index (κ1) is 15.5. The third-order valence-corrected chi connectivity index (χ3v) is 3.43. The summed E-state index contributed by atoms with van der Waals surface area (Å²) in [6.45, 7) is 0. The number of benzene rings is 2. The van der Waals surface area contributed by atoms with Gasteiger partial charge in [0.1, 0.15) is 0 Å². The SMILES string of the molecule is O=C(Nc1ccccc1)NS(=O)(=O)NC(=O)c1ccccc1. The average Bonchev–Trinajstić information content (AvgIpc) is 2.48. The highest BCUT2D eigenvalue weighted by Crippen LogP contribution is 2.04. The summed E-state index contributed by atoms with van der Waals surface area (Å²) in [6, 6.07) is 15.1. The van der Waals surface area contributed by atoms with E-state index in [-0.39, 0.29) is 5.56 Å². The predicted molar refractivity (Wildman–Crippen MR) is 81.4 cm³/mol. The molecule has 0 spiro atoms. The van der Waals surface area contributed by atoms with E-state index in [1.54, 1.807) is 58.0 Å². The molecule has 0 aromatic heterocycles. The second kappa shape index (κ2) is 6.72. The van der Waals surface area contributed by atoms with Crippen LogP contribution in [0, 0.1) is 0 Å². The molecule has 0 aliphatic rings. The molecule has 0 aliphatic carbocycles. The molecule has 0 radical (unpaired) electrons. The van der Waals surface area contributed by atoms with Gasteiger partial charge in [-0.3, -0.25) is 4.79 Å². The van der Waals surface area contributed by atoms with E-state index in [4.69, 9.17) is 0 Å². The topological polar surface area (TPSA) is 104 Å². The quantitative estimate of drug-likeness (QED) is 0.794. The van der Waals surface area contributed by atoms with Crippen molar-refractivity contribution in [3.63, 3.8) is 0 Å². The molecule has 22 heavy (non-hydrogen) atoms. The molecule has 0 saturated heterocycles. The molecule has 8 heteroatoms. The second-order valence-corrected chi connectivity index (χ2v) is 5.64. The number of nitrogens with one attached hydrogen (secondary N) is 3. The Bertz CT molecular complexity index is 761. The van der Waals surface area contributed by atoms with Crippen molar-refractivity contribution < 1.29 is 18.0 Å². The summed E-state index contributed by atoms with van der Waals surface area (Å²) in [5, 5.41) is 2.33. The van der Waals surface area contributed by atoms with E-state index in [0.717, 1.165) is 0 Å². The molecule has 0 aliphatic heterocycles. The van der Waals surface area contributed by atoms with Crippen LogP contribution in [-0.2, 0) is 10.2 Å². The first-order valence-corrected chi connectivity index (χ1v) is 7.70. The number of hydrogen-bond donors (Lipinski definition) is 3. The van der Waals surface area contributed by atoms with Gasteiger partial charge in [0.25, 0.3) is 5.91 Å². The predicted octanol–water partition coefficient (Wildman–Crippen LogP) is 1.48. The minimum Gasteiger partial charge on any atom is -0.307 e. The average molecular weight is 319 g/mol. The second-order valence-electron chi connectivity index (χ2n) is 4.22. The Hall–Kier alpha value is -2.87. The molecule has 0 bridgehead atoms. The molecule has 3 N–H and O–H groups in total. The summed E-state index contributed by atoms with van der Waals surface area (Å²) in [5.74, 6) is -0.833. The number of urea groups is 1. The van der Waals surface area contributed by atoms with E-state index < -0.39 is 22.1 Å². The Kier molecular flexibility index (Phi) is 4.74. The fraction of sp³-hybridized carbons (Fsp3) is 0. The fourth-order valence-electron chi connectivity index (χ4n) is 1.60. The highest BCUT2D eigenvalue weighted by atomic mass is 32.2. The van der Waals surface area contributed by atoms with Crippen LogP contribution in [0.3, 0.4) is 0 Å². The van der Waals surface area contributed by atoms with Crippen molar-refractivity contribution in [1.29, 1.82) is 0 Å². The number of anilines is 1. The van der Waals surface area contributed by atoms with Crippen molar-refractivity contribution in [2.75, 3.05) is 5.32 Å². The van der Waals surface area contributed by atoms with Gasteiger partial charge in [-0.2, -0.15) is 8.42 Å². The molecule has 0 heterocycles. The number of carbonyl (C=O) groups is 2. The van der Waals surface area contributed by atoms with Crippen molar-refractivity contribution in [2.45, 2.75) is 0 Å². The van der Waals surface area contributed by atoms with E-state index in [1.807, 2.05) is 0 Å². The van der Waals surface area contributed by atoms with Crippen molar-refractivity contribution >= 4 is 27.8 Å². The van der Waals surface area contributed by atoms with Crippen LogP contribution in [0.15, 0.2) is 60.7 Å². The third-order valence-electron chi connectivity index (χ3n) is 2.52. The van der Waals surface area contributed by atoms with Gasteiger partial charge in [0, 0.05) is 11.3 Å². The van der Waals surface area contributed by atoms with Crippen molar-refractivity contribution in [3.05, 3.63) is 66.2 Å². The van der Waals surface area contributed by atoms with Gasteiger partial charge in [-0.1, -0.05) is 36.4 Å². The normalized spacial score (nSPS) is 10.5. The molecule has 2 aromatic carbocycles. The molecule has 0 saturated carbocycles. The molecular formula is C14H13N3O4S. The van der Waals surface area contributed by atoms with Crippen LogP contribution < -0.4 is 14.8 Å². The molecule has 0 atom stereocenters. The van der Waals surface area contributed by atoms with Gasteiger partial charge in [-0.25, -0.2) is 14.2 Å². The van der Waals surface area contributed by atoms with Gasteiger partial charge in [0.2, 0.25) is 0 Å². The van der Waals surface area contributed by atoms with E-state index in [1.165, 1.54) is 12.1 Å². The van der Waals surface area contributed by atoms with Gasteiger partial charge >= 0.3 is 16.2 Å². The Morgan fingerprint density at radius 3 is 1.91 bits per heavy atom. The van der Waals surface area contributed by atoms with Gasteiger partial charge in [-0.15, -0.1) is 0 Å². The Morgan fingerprint density at radius 1 is 0.773 bits per heavy atom. The number of amides is 3. The summed E-state index contributed by atoms with van der Waals surface area (Å²) >= 11 is 0. The lowest BCUT2D eigenvalue weighted by Crippen LogP contribution is -2.44. The van der Waals surface area contributed by atoms with Crippen LogP contribution in [0.4, 0.5) is 10.5 Å². The Morgan fingerprint density at radius 2 is 1.32 bits per heavy atom. The first-order chi connectivity index (χ1) is 10.5. The molecule has 7 nitrogen and oxygen atoms in total. The number of rotatable bonds is 4. The van der Waals surface area contributed by atoms with Crippen LogP contribution in [0.2, 0.25) is 0 Å². The van der Waals surface area contributed by atoms with Crippen LogP contribution in [0.25, 0.3) is 0 Å². The lowest BCUT2D eigenvalue weighted by Gasteiger charge is -2.09. The Balaban J connectivity index is 1.96. The molecular weight excluding hydrogens is 306 g/mol. The monoisotopic (exact) mass is 319 g/mol. The minimum absolute atomic E-state index is 0.163. The maximum atomic E-state index is 11.7. The summed E-state index contributed by atoms with van der Waals surface area (Å²) in [5.41, 5.74) is 0.584. The van der Waals surface area contributed by atoms with Gasteiger partial charge < -0.3 is 5.32 Å². The van der Waals surface area contributed by atoms with Crippen LogP contribution in [-0.4, -0.2) is 20.4 Å². The molecule has 0 unspecified atom stereocenters. The minimum atomic E-state index is -4.31. The number of para-hydroxylation sites is 1. The molecule has 0 fully saturated rings. The van der Waals surface area contributed by atoms with Crippen molar-refractivity contribution in [3.8, 4) is 0 Å². The van der Waals surface area contributed by atoms with E-state index in [9.17, 15) is 18.0 Å². The highest BCUT2D eigenvalue weighted by molar-refractivity contribution is 7.88. The van der Waals surface area contributed by atoms with Gasteiger partial charge in [-0.05, 0) is 24.3 Å².